The lowest BCUT2D eigenvalue weighted by molar-refractivity contribution is 0.0691. The molecule has 0 radical (unpaired) electrons. The summed E-state index contributed by atoms with van der Waals surface area (Å²) in [6.45, 7) is -0.0694. The van der Waals surface area contributed by atoms with Gasteiger partial charge in [-0.1, -0.05) is 17.7 Å². The summed E-state index contributed by atoms with van der Waals surface area (Å²) >= 11 is 5.72. The van der Waals surface area contributed by atoms with Gasteiger partial charge in [0.25, 0.3) is 0 Å². The Morgan fingerprint density at radius 1 is 1.28 bits per heavy atom. The van der Waals surface area contributed by atoms with Crippen molar-refractivity contribution in [1.29, 1.82) is 0 Å². The van der Waals surface area contributed by atoms with Gasteiger partial charge in [0.15, 0.2) is 15.5 Å². The van der Waals surface area contributed by atoms with Crippen molar-refractivity contribution >= 4 is 38.3 Å². The van der Waals surface area contributed by atoms with Crippen LogP contribution in [0, 0.1) is 5.82 Å². The summed E-state index contributed by atoms with van der Waals surface area (Å²) in [6.07, 6.45) is 1.05. The van der Waals surface area contributed by atoms with Crippen LogP contribution >= 0.6 is 11.6 Å². The van der Waals surface area contributed by atoms with E-state index in [1.54, 1.807) is 0 Å². The van der Waals surface area contributed by atoms with Crippen molar-refractivity contribution < 1.29 is 22.7 Å². The minimum absolute atomic E-state index is 0.0228. The van der Waals surface area contributed by atoms with Gasteiger partial charge in [0.1, 0.15) is 5.82 Å². The minimum Gasteiger partial charge on any atom is -0.476 e. The number of nitrogens with zero attached hydrogens (tertiary/aromatic N) is 2. The monoisotopic (exact) mass is 382 g/mol. The maximum absolute atomic E-state index is 14.0. The van der Waals surface area contributed by atoms with E-state index in [1.807, 2.05) is 0 Å². The Morgan fingerprint density at radius 2 is 2.00 bits per heavy atom. The molecule has 1 heterocycles. The van der Waals surface area contributed by atoms with Crippen LogP contribution in [0.5, 0.6) is 0 Å². The number of aromatic nitrogens is 2. The van der Waals surface area contributed by atoms with E-state index in [0.29, 0.717) is 0 Å². The second-order valence-corrected chi connectivity index (χ2v) is 7.95. The molecule has 9 heteroatoms. The van der Waals surface area contributed by atoms with E-state index in [2.05, 4.69) is 5.10 Å². The molecule has 0 aliphatic rings. The molecule has 1 N–H and O–H groups in total. The number of hydrogen-bond acceptors (Lipinski definition) is 4. The maximum Gasteiger partial charge on any atom is 0.357 e. The third kappa shape index (κ3) is 3.35. The number of aromatic carboxylic acids is 1. The van der Waals surface area contributed by atoms with E-state index in [9.17, 15) is 22.7 Å². The van der Waals surface area contributed by atoms with E-state index in [4.69, 9.17) is 11.6 Å². The van der Waals surface area contributed by atoms with Crippen molar-refractivity contribution in [1.82, 2.24) is 9.78 Å². The van der Waals surface area contributed by atoms with E-state index in [-0.39, 0.29) is 38.6 Å². The average Bonchev–Trinajstić information content (AvgIpc) is 2.87. The van der Waals surface area contributed by atoms with Crippen molar-refractivity contribution in [2.24, 2.45) is 0 Å². The van der Waals surface area contributed by atoms with Gasteiger partial charge in [0.05, 0.1) is 17.0 Å². The molecule has 0 amide bonds. The van der Waals surface area contributed by atoms with Crippen LogP contribution in [-0.2, 0) is 16.4 Å². The minimum atomic E-state index is -3.49. The average molecular weight is 383 g/mol. The summed E-state index contributed by atoms with van der Waals surface area (Å²) < 4.78 is 38.8. The van der Waals surface area contributed by atoms with Crippen LogP contribution in [0.3, 0.4) is 0 Å². The molecule has 0 atom stereocenters. The smallest absolute Gasteiger partial charge is 0.357 e. The lowest BCUT2D eigenvalue weighted by Crippen LogP contribution is -2.06. The van der Waals surface area contributed by atoms with Crippen molar-refractivity contribution in [2.45, 2.75) is 11.4 Å². The zero-order chi connectivity index (χ0) is 18.4. The number of halogens is 2. The van der Waals surface area contributed by atoms with Crippen LogP contribution < -0.4 is 0 Å². The van der Waals surface area contributed by atoms with Gasteiger partial charge in [-0.2, -0.15) is 5.10 Å². The van der Waals surface area contributed by atoms with Gasteiger partial charge in [0, 0.05) is 22.2 Å². The van der Waals surface area contributed by atoms with Crippen molar-refractivity contribution in [3.63, 3.8) is 0 Å². The maximum atomic E-state index is 14.0. The third-order valence-corrected chi connectivity index (χ3v) is 5.03. The summed E-state index contributed by atoms with van der Waals surface area (Å²) in [5.41, 5.74) is 0.301. The number of hydrogen-bond donors (Lipinski definition) is 1. The molecule has 3 rings (SSSR count). The van der Waals surface area contributed by atoms with Gasteiger partial charge in [0.2, 0.25) is 0 Å². The molecule has 0 saturated heterocycles. The number of fused-ring (bicyclic) bond motifs is 1. The molecule has 0 unspecified atom stereocenters. The molecule has 3 aromatic rings. The lowest BCUT2D eigenvalue weighted by Gasteiger charge is -2.06. The van der Waals surface area contributed by atoms with Gasteiger partial charge in [-0.3, -0.25) is 4.68 Å². The highest BCUT2D eigenvalue weighted by Gasteiger charge is 2.19. The van der Waals surface area contributed by atoms with E-state index >= 15 is 0 Å². The predicted octanol–water partition coefficient (Wildman–Crippen LogP) is 2.98. The third-order valence-electron chi connectivity index (χ3n) is 3.69. The van der Waals surface area contributed by atoms with E-state index in [0.717, 1.165) is 12.3 Å². The normalized spacial score (nSPS) is 11.8. The molecule has 0 bridgehead atoms. The second-order valence-electron chi connectivity index (χ2n) is 5.50. The molecular weight excluding hydrogens is 371 g/mol. The van der Waals surface area contributed by atoms with Crippen LogP contribution in [0.25, 0.3) is 10.9 Å². The summed E-state index contributed by atoms with van der Waals surface area (Å²) in [4.78, 5) is 11.4. The highest BCUT2D eigenvalue weighted by atomic mass is 35.5. The first-order valence-corrected chi connectivity index (χ1v) is 9.31. The molecule has 1 aromatic heterocycles. The molecule has 0 aliphatic carbocycles. The first kappa shape index (κ1) is 17.4. The molecule has 2 aromatic carbocycles. The molecule has 6 nitrogen and oxygen atoms in total. The summed E-state index contributed by atoms with van der Waals surface area (Å²) in [5, 5.41) is 13.8. The Labute approximate surface area is 147 Å². The quantitative estimate of drug-likeness (QED) is 0.749. The van der Waals surface area contributed by atoms with Crippen molar-refractivity contribution in [3.8, 4) is 0 Å². The van der Waals surface area contributed by atoms with Gasteiger partial charge < -0.3 is 5.11 Å². The number of rotatable bonds is 4. The fraction of sp³-hybridized carbons (Fsp3) is 0.125. The van der Waals surface area contributed by atoms with Gasteiger partial charge in [-0.25, -0.2) is 17.6 Å². The highest BCUT2D eigenvalue weighted by Crippen LogP contribution is 2.24. The Kier molecular flexibility index (Phi) is 4.26. The fourth-order valence-corrected chi connectivity index (χ4v) is 3.27. The standard InChI is InChI=1S/C16H12ClFN2O4S/c1-25(23,24)11-4-5-12-14(7-11)20(19-15(12)16(21)22)8-9-2-3-10(17)6-13(9)18/h2-7H,8H2,1H3,(H,21,22). The largest absolute Gasteiger partial charge is 0.476 e. The van der Waals surface area contributed by atoms with E-state index < -0.39 is 21.6 Å². The number of carboxylic acid groups (broad SMARTS) is 1. The topological polar surface area (TPSA) is 89.3 Å². The summed E-state index contributed by atoms with van der Waals surface area (Å²) in [7, 11) is -3.49. The number of carbonyl (C=O) groups is 1. The van der Waals surface area contributed by atoms with Gasteiger partial charge >= 0.3 is 5.97 Å². The molecule has 0 spiro atoms. The Bertz CT molecular complexity index is 1110. The second kappa shape index (κ2) is 6.12. The van der Waals surface area contributed by atoms with Crippen molar-refractivity contribution in [2.75, 3.05) is 6.26 Å². The first-order valence-electron chi connectivity index (χ1n) is 7.04. The van der Waals surface area contributed by atoms with Crippen molar-refractivity contribution in [3.05, 3.63) is 58.5 Å². The molecule has 0 aliphatic heterocycles. The van der Waals surface area contributed by atoms with Gasteiger partial charge in [-0.05, 0) is 30.3 Å². The predicted molar refractivity (Wildman–Crippen MR) is 90.3 cm³/mol. The fourth-order valence-electron chi connectivity index (χ4n) is 2.47. The molecule has 0 fully saturated rings. The number of carboxylic acids is 1. The van der Waals surface area contributed by atoms with Crippen LogP contribution in [0.2, 0.25) is 5.02 Å². The van der Waals surface area contributed by atoms with Crippen LogP contribution in [0.1, 0.15) is 16.1 Å². The first-order chi connectivity index (χ1) is 11.7. The van der Waals surface area contributed by atoms with Crippen LogP contribution in [0.15, 0.2) is 41.3 Å². The van der Waals surface area contributed by atoms with E-state index in [1.165, 1.54) is 35.0 Å². The molecular formula is C16H12ClFN2O4S. The Hall–Kier alpha value is -2.45. The molecule has 130 valence electrons. The zero-order valence-electron chi connectivity index (χ0n) is 12.9. The summed E-state index contributed by atoms with van der Waals surface area (Å²) in [6, 6.07) is 8.15. The van der Waals surface area contributed by atoms with Gasteiger partial charge in [-0.15, -0.1) is 0 Å². The number of benzene rings is 2. The van der Waals surface area contributed by atoms with Crippen LogP contribution in [-0.4, -0.2) is 35.5 Å². The molecule has 0 saturated carbocycles. The lowest BCUT2D eigenvalue weighted by atomic mass is 10.2. The number of sulfone groups is 1. The molecule has 25 heavy (non-hydrogen) atoms. The van der Waals surface area contributed by atoms with Crippen LogP contribution in [0.4, 0.5) is 4.39 Å². The Balaban J connectivity index is 2.20. The Morgan fingerprint density at radius 3 is 2.60 bits per heavy atom. The summed E-state index contributed by atoms with van der Waals surface area (Å²) in [5.74, 6) is -1.82. The highest BCUT2D eigenvalue weighted by molar-refractivity contribution is 7.90. The zero-order valence-corrected chi connectivity index (χ0v) is 14.5. The SMILES string of the molecule is CS(=O)(=O)c1ccc2c(C(=O)O)nn(Cc3ccc(Cl)cc3F)c2c1.